The summed E-state index contributed by atoms with van der Waals surface area (Å²) >= 11 is 0. The molecule has 0 atom stereocenters. The Kier molecular flexibility index (Phi) is 3.53. The average molecular weight is 333 g/mol. The van der Waals surface area contributed by atoms with Crippen molar-refractivity contribution in [2.24, 2.45) is 7.05 Å². The highest BCUT2D eigenvalue weighted by atomic mass is 16.2. The predicted octanol–water partition coefficient (Wildman–Crippen LogP) is 3.23. The molecule has 0 radical (unpaired) electrons. The molecular formula is C19H19N5O. The van der Waals surface area contributed by atoms with Gasteiger partial charge in [-0.05, 0) is 37.3 Å². The van der Waals surface area contributed by atoms with Crippen molar-refractivity contribution in [3.8, 4) is 11.3 Å². The third kappa shape index (κ3) is 2.38. The number of fused-ring (bicyclic) bond motifs is 2. The maximum Gasteiger partial charge on any atom is 0.261 e. The second-order valence-electron chi connectivity index (χ2n) is 6.09. The molecule has 3 aromatic rings. The molecule has 4 rings (SSSR count). The molecule has 1 aliphatic heterocycles. The number of carbonyl (C=O) groups excluding carboxylic acids is 1. The van der Waals surface area contributed by atoms with Gasteiger partial charge >= 0.3 is 0 Å². The van der Waals surface area contributed by atoms with Gasteiger partial charge < -0.3 is 14.4 Å². The van der Waals surface area contributed by atoms with Gasteiger partial charge in [-0.1, -0.05) is 0 Å². The van der Waals surface area contributed by atoms with Crippen LogP contribution in [0.15, 0.2) is 48.9 Å². The van der Waals surface area contributed by atoms with Crippen molar-refractivity contribution < 1.29 is 4.79 Å². The molecule has 3 aromatic heterocycles. The van der Waals surface area contributed by atoms with Crippen LogP contribution in [0.2, 0.25) is 0 Å². The molecule has 1 amide bonds. The summed E-state index contributed by atoms with van der Waals surface area (Å²) in [6.45, 7) is 2.71. The van der Waals surface area contributed by atoms with Gasteiger partial charge in [0, 0.05) is 44.8 Å². The highest BCUT2D eigenvalue weighted by Gasteiger charge is 2.30. The van der Waals surface area contributed by atoms with Crippen molar-refractivity contribution in [1.82, 2.24) is 14.5 Å². The molecule has 0 saturated carbocycles. The minimum absolute atomic E-state index is 0.0745. The summed E-state index contributed by atoms with van der Waals surface area (Å²) < 4.78 is 1.99. The van der Waals surface area contributed by atoms with Gasteiger partial charge in [0.1, 0.15) is 5.82 Å². The van der Waals surface area contributed by atoms with E-state index in [2.05, 4.69) is 4.98 Å². The van der Waals surface area contributed by atoms with E-state index in [1.807, 2.05) is 60.1 Å². The molecule has 4 heterocycles. The Hall–Kier alpha value is -3.15. The number of hydrogen-bond donors (Lipinski definition) is 0. The van der Waals surface area contributed by atoms with E-state index in [1.165, 1.54) is 0 Å². The van der Waals surface area contributed by atoms with Crippen molar-refractivity contribution >= 4 is 23.2 Å². The van der Waals surface area contributed by atoms with E-state index in [0.717, 1.165) is 22.8 Å². The standard InChI is InChI=1S/C19H19N5O/c1-4-24-17-14(6-5-10-20-17)19(25)23(3)16-8-7-15(21-18(16)24)13-9-11-22(2)12-13/h5-12H,4H2,1-3H3. The van der Waals surface area contributed by atoms with Crippen molar-refractivity contribution in [2.45, 2.75) is 6.92 Å². The number of rotatable bonds is 2. The van der Waals surface area contributed by atoms with Crippen LogP contribution in [0.4, 0.5) is 17.3 Å². The molecule has 126 valence electrons. The Balaban J connectivity index is 1.94. The van der Waals surface area contributed by atoms with Crippen LogP contribution in [0.5, 0.6) is 0 Å². The quantitative estimate of drug-likeness (QED) is 0.722. The number of amides is 1. The van der Waals surface area contributed by atoms with Crippen LogP contribution in [-0.4, -0.2) is 34.0 Å². The van der Waals surface area contributed by atoms with E-state index in [9.17, 15) is 4.79 Å². The molecule has 1 aliphatic rings. The number of hydrogen-bond acceptors (Lipinski definition) is 4. The zero-order valence-electron chi connectivity index (χ0n) is 14.5. The predicted molar refractivity (Wildman–Crippen MR) is 98.3 cm³/mol. The fourth-order valence-electron chi connectivity index (χ4n) is 3.19. The molecule has 6 heteroatoms. The molecule has 0 bridgehead atoms. The number of aryl methyl sites for hydroxylation is 1. The van der Waals surface area contributed by atoms with E-state index in [1.54, 1.807) is 24.2 Å². The molecule has 6 nitrogen and oxygen atoms in total. The van der Waals surface area contributed by atoms with Crippen molar-refractivity contribution in [3.05, 3.63) is 54.5 Å². The van der Waals surface area contributed by atoms with Crippen LogP contribution in [0.25, 0.3) is 11.3 Å². The summed E-state index contributed by atoms with van der Waals surface area (Å²) in [6, 6.07) is 9.54. The minimum Gasteiger partial charge on any atom is -0.357 e. The molecule has 0 spiro atoms. The minimum atomic E-state index is -0.0745. The second kappa shape index (κ2) is 5.73. The molecule has 0 aliphatic carbocycles. The van der Waals surface area contributed by atoms with E-state index in [0.29, 0.717) is 17.9 Å². The lowest BCUT2D eigenvalue weighted by Gasteiger charge is -2.23. The maximum atomic E-state index is 12.8. The van der Waals surface area contributed by atoms with Crippen LogP contribution < -0.4 is 9.80 Å². The maximum absolute atomic E-state index is 12.8. The van der Waals surface area contributed by atoms with Gasteiger partial charge in [0.25, 0.3) is 5.91 Å². The van der Waals surface area contributed by atoms with E-state index >= 15 is 0 Å². The number of pyridine rings is 2. The zero-order valence-corrected chi connectivity index (χ0v) is 14.5. The molecule has 0 unspecified atom stereocenters. The monoisotopic (exact) mass is 333 g/mol. The third-order valence-corrected chi connectivity index (χ3v) is 4.49. The van der Waals surface area contributed by atoms with Crippen molar-refractivity contribution in [2.75, 3.05) is 23.4 Å². The number of aromatic nitrogens is 3. The van der Waals surface area contributed by atoms with Crippen LogP contribution in [0.1, 0.15) is 17.3 Å². The Morgan fingerprint density at radius 1 is 1.08 bits per heavy atom. The molecular weight excluding hydrogens is 314 g/mol. The lowest BCUT2D eigenvalue weighted by atomic mass is 10.2. The zero-order chi connectivity index (χ0) is 17.6. The molecule has 0 N–H and O–H groups in total. The lowest BCUT2D eigenvalue weighted by molar-refractivity contribution is 0.0994. The molecule has 0 saturated heterocycles. The Bertz CT molecular complexity index is 962. The fourth-order valence-corrected chi connectivity index (χ4v) is 3.19. The van der Waals surface area contributed by atoms with Crippen LogP contribution in [0, 0.1) is 0 Å². The van der Waals surface area contributed by atoms with Gasteiger partial charge in [0.2, 0.25) is 0 Å². The smallest absolute Gasteiger partial charge is 0.261 e. The summed E-state index contributed by atoms with van der Waals surface area (Å²) in [6.07, 6.45) is 5.73. The lowest BCUT2D eigenvalue weighted by Crippen LogP contribution is -2.25. The third-order valence-electron chi connectivity index (χ3n) is 4.49. The summed E-state index contributed by atoms with van der Waals surface area (Å²) in [5.74, 6) is 1.32. The van der Waals surface area contributed by atoms with Gasteiger partial charge in [-0.15, -0.1) is 0 Å². The molecule has 25 heavy (non-hydrogen) atoms. The van der Waals surface area contributed by atoms with E-state index in [4.69, 9.17) is 4.98 Å². The van der Waals surface area contributed by atoms with Crippen LogP contribution in [-0.2, 0) is 7.05 Å². The summed E-state index contributed by atoms with van der Waals surface area (Å²) in [5.41, 5.74) is 3.29. The largest absolute Gasteiger partial charge is 0.357 e. The first-order valence-corrected chi connectivity index (χ1v) is 8.24. The van der Waals surface area contributed by atoms with Crippen molar-refractivity contribution in [3.63, 3.8) is 0 Å². The Morgan fingerprint density at radius 3 is 2.64 bits per heavy atom. The normalized spacial score (nSPS) is 13.5. The van der Waals surface area contributed by atoms with Gasteiger partial charge in [-0.2, -0.15) is 0 Å². The van der Waals surface area contributed by atoms with Gasteiger partial charge in [0.15, 0.2) is 5.82 Å². The Labute approximate surface area is 146 Å². The summed E-state index contributed by atoms with van der Waals surface area (Å²) in [4.78, 5) is 25.8. The van der Waals surface area contributed by atoms with Crippen LogP contribution >= 0.6 is 0 Å². The van der Waals surface area contributed by atoms with E-state index < -0.39 is 0 Å². The van der Waals surface area contributed by atoms with Gasteiger partial charge in [-0.3, -0.25) is 4.79 Å². The first kappa shape index (κ1) is 15.4. The Morgan fingerprint density at radius 2 is 1.92 bits per heavy atom. The van der Waals surface area contributed by atoms with Gasteiger partial charge in [-0.25, -0.2) is 9.97 Å². The topological polar surface area (TPSA) is 54.3 Å². The highest BCUT2D eigenvalue weighted by Crippen LogP contribution is 2.38. The second-order valence-corrected chi connectivity index (χ2v) is 6.09. The first-order valence-electron chi connectivity index (χ1n) is 8.24. The summed E-state index contributed by atoms with van der Waals surface area (Å²) in [7, 11) is 3.76. The van der Waals surface area contributed by atoms with Crippen LogP contribution in [0.3, 0.4) is 0 Å². The van der Waals surface area contributed by atoms with Crippen molar-refractivity contribution in [1.29, 1.82) is 0 Å². The molecule has 0 aromatic carbocycles. The molecule has 0 fully saturated rings. The average Bonchev–Trinajstić information content (AvgIpc) is 3.04. The SMILES string of the molecule is CCN1c2ncccc2C(=O)N(C)c2ccc(-c3ccn(C)c3)nc21. The van der Waals surface area contributed by atoms with E-state index in [-0.39, 0.29) is 5.91 Å². The van der Waals surface area contributed by atoms with Gasteiger partial charge in [0.05, 0.1) is 16.9 Å². The highest BCUT2D eigenvalue weighted by molar-refractivity contribution is 6.12. The number of carbonyl (C=O) groups is 1. The summed E-state index contributed by atoms with van der Waals surface area (Å²) in [5, 5.41) is 0. The first-order chi connectivity index (χ1) is 12.1. The number of nitrogens with zero attached hydrogens (tertiary/aromatic N) is 5. The fraction of sp³-hybridized carbons (Fsp3) is 0.211. The number of anilines is 3.